The molecule has 5 atom stereocenters. The molecule has 0 saturated carbocycles. The molecule has 3 N–H and O–H groups in total. The fourth-order valence-electron chi connectivity index (χ4n) is 5.97. The van der Waals surface area contributed by atoms with Gasteiger partial charge in [0.2, 0.25) is 5.95 Å². The zero-order valence-corrected chi connectivity index (χ0v) is 29.0. The third kappa shape index (κ3) is 12.4. The summed E-state index contributed by atoms with van der Waals surface area (Å²) < 4.78 is 38.0. The maximum Gasteiger partial charge on any atom is 0.280 e. The fraction of sp³-hybridized carbons (Fsp3) is 0.844. The second kappa shape index (κ2) is 19.1. The Morgan fingerprint density at radius 1 is 0.978 bits per heavy atom. The van der Waals surface area contributed by atoms with Gasteiger partial charge in [-0.25, -0.2) is 4.98 Å². The summed E-state index contributed by atoms with van der Waals surface area (Å²) in [6.07, 6.45) is 15.6. The first kappa shape index (κ1) is 37.6. The molecule has 258 valence electrons. The number of aromatic nitrogens is 4. The summed E-state index contributed by atoms with van der Waals surface area (Å²) in [6.45, 7) is 9.95. The van der Waals surface area contributed by atoms with E-state index in [1.54, 1.807) is 18.4 Å². The van der Waals surface area contributed by atoms with Gasteiger partial charge in [0.05, 0.1) is 18.5 Å². The lowest BCUT2D eigenvalue weighted by atomic mass is 10.0. The number of ether oxygens (including phenoxy) is 2. The number of hydrogen-bond donors (Lipinski definition) is 2. The van der Waals surface area contributed by atoms with Gasteiger partial charge in [-0.05, 0) is 32.6 Å². The minimum absolute atomic E-state index is 0.0620. The highest BCUT2D eigenvalue weighted by molar-refractivity contribution is 7.45. The van der Waals surface area contributed by atoms with Crippen molar-refractivity contribution in [2.45, 2.75) is 162 Å². The number of hydrogen-bond acceptors (Lipinski definition) is 10. The zero-order chi connectivity index (χ0) is 32.8. The summed E-state index contributed by atoms with van der Waals surface area (Å²) in [5, 5.41) is 0. The standard InChI is InChI=1S/C32H58N5O7P/c1-6-7-8-9-10-11-12-13-14-15-16-17-18-19-20-41-28-27(44-45(39,40)43-24(4)5)25(21-23(2)3)42-31(28)37-22-34-26-29(37)35-32(33)36-30(26)38/h22-25,27-28,31H,6-21H2,1-5H3,(H,39,40)(H3,33,35,36,38)/p-1/t25-,27?,28+,31-/m1/s1. The van der Waals surface area contributed by atoms with Crippen LogP contribution < -0.4 is 16.2 Å². The molecule has 3 heterocycles. The van der Waals surface area contributed by atoms with E-state index in [1.165, 1.54) is 77.0 Å². The van der Waals surface area contributed by atoms with Crippen LogP contribution in [0.25, 0.3) is 11.2 Å². The van der Waals surface area contributed by atoms with Gasteiger partial charge in [-0.3, -0.25) is 18.9 Å². The molecular weight excluding hydrogens is 597 g/mol. The number of unbranched alkanes of at least 4 members (excludes halogenated alkanes) is 13. The second-order valence-corrected chi connectivity index (χ2v) is 14.4. The van der Waals surface area contributed by atoms with E-state index in [0.717, 1.165) is 19.3 Å². The van der Waals surface area contributed by atoms with Gasteiger partial charge in [0.15, 0.2) is 17.4 Å². The lowest BCUT2D eigenvalue weighted by molar-refractivity contribution is -0.237. The molecule has 0 spiro atoms. The first-order valence-corrected chi connectivity index (χ1v) is 18.7. The molecule has 45 heavy (non-hydrogen) atoms. The summed E-state index contributed by atoms with van der Waals surface area (Å²) in [7, 11) is -4.68. The van der Waals surface area contributed by atoms with E-state index in [-0.39, 0.29) is 23.0 Å². The number of imidazole rings is 1. The molecule has 3 rings (SSSR count). The lowest BCUT2D eigenvalue weighted by Gasteiger charge is -2.32. The van der Waals surface area contributed by atoms with Crippen molar-refractivity contribution in [3.8, 4) is 0 Å². The van der Waals surface area contributed by atoms with E-state index in [4.69, 9.17) is 24.3 Å². The third-order valence-corrected chi connectivity index (χ3v) is 9.29. The largest absolute Gasteiger partial charge is 0.756 e. The number of phosphoric acid groups is 1. The molecule has 2 aromatic rings. The van der Waals surface area contributed by atoms with Gasteiger partial charge >= 0.3 is 0 Å². The highest BCUT2D eigenvalue weighted by atomic mass is 31.2. The number of nitrogens with one attached hydrogen (secondary N) is 1. The van der Waals surface area contributed by atoms with Crippen LogP contribution in [0.4, 0.5) is 5.95 Å². The third-order valence-electron chi connectivity index (χ3n) is 8.11. The SMILES string of the molecule is CCCCCCCCCCCCCCCCO[C@H]1C(OP(=O)([O-])OC(C)C)[C@@H](CC(C)C)O[C@H]1n1cnc2c(=O)[nH]c(N)nc21. The zero-order valence-electron chi connectivity index (χ0n) is 28.1. The topological polar surface area (TPSA) is 167 Å². The van der Waals surface area contributed by atoms with E-state index >= 15 is 0 Å². The molecule has 0 bridgehead atoms. The average Bonchev–Trinajstić information content (AvgIpc) is 3.50. The van der Waals surface area contributed by atoms with Crippen LogP contribution in [0.3, 0.4) is 0 Å². The maximum atomic E-state index is 12.9. The molecule has 0 aromatic carbocycles. The maximum absolute atomic E-state index is 12.9. The van der Waals surface area contributed by atoms with Crippen molar-refractivity contribution < 1.29 is 28.0 Å². The summed E-state index contributed by atoms with van der Waals surface area (Å²) >= 11 is 0. The van der Waals surface area contributed by atoms with Gasteiger partial charge in [0.1, 0.15) is 12.2 Å². The number of nitrogens with two attached hydrogens (primary N) is 1. The average molecular weight is 655 g/mol. The van der Waals surface area contributed by atoms with Gasteiger partial charge in [0.25, 0.3) is 13.4 Å². The number of H-pyrrole nitrogens is 1. The summed E-state index contributed by atoms with van der Waals surface area (Å²) in [5.41, 5.74) is 5.68. The fourth-order valence-corrected chi connectivity index (χ4v) is 7.09. The van der Waals surface area contributed by atoms with Crippen LogP contribution in [0.15, 0.2) is 11.1 Å². The Hall–Kier alpha value is -1.82. The van der Waals surface area contributed by atoms with Crippen molar-refractivity contribution >= 4 is 24.9 Å². The van der Waals surface area contributed by atoms with Gasteiger partial charge in [-0.15, -0.1) is 0 Å². The predicted octanol–water partition coefficient (Wildman–Crippen LogP) is 6.79. The van der Waals surface area contributed by atoms with Crippen LogP contribution in [0.5, 0.6) is 0 Å². The molecule has 2 aromatic heterocycles. The number of aromatic amines is 1. The number of rotatable bonds is 23. The normalized spacial score (nSPS) is 21.8. The summed E-state index contributed by atoms with van der Waals surface area (Å²) in [5.74, 6) is 0.118. The molecule has 1 aliphatic heterocycles. The van der Waals surface area contributed by atoms with Gasteiger partial charge < -0.3 is 29.1 Å². The van der Waals surface area contributed by atoms with Crippen LogP contribution in [-0.4, -0.2) is 50.5 Å². The Morgan fingerprint density at radius 2 is 1.56 bits per heavy atom. The second-order valence-electron chi connectivity index (χ2n) is 13.1. The molecule has 0 radical (unpaired) electrons. The molecule has 1 aliphatic rings. The first-order chi connectivity index (χ1) is 21.5. The van der Waals surface area contributed by atoms with Crippen LogP contribution >= 0.6 is 7.82 Å². The van der Waals surface area contributed by atoms with Crippen molar-refractivity contribution in [3.63, 3.8) is 0 Å². The number of fused-ring (bicyclic) bond motifs is 1. The highest BCUT2D eigenvalue weighted by Gasteiger charge is 2.49. The van der Waals surface area contributed by atoms with E-state index < -0.39 is 44.0 Å². The molecular formula is C32H57N5O7P-. The van der Waals surface area contributed by atoms with Crippen molar-refractivity contribution in [2.75, 3.05) is 12.3 Å². The first-order valence-electron chi connectivity index (χ1n) is 17.2. The quantitative estimate of drug-likeness (QED) is 0.0962. The summed E-state index contributed by atoms with van der Waals surface area (Å²) in [4.78, 5) is 36.3. The van der Waals surface area contributed by atoms with E-state index in [0.29, 0.717) is 13.0 Å². The molecule has 1 fully saturated rings. The molecule has 0 amide bonds. The minimum Gasteiger partial charge on any atom is -0.756 e. The Bertz CT molecular complexity index is 1240. The molecule has 13 heteroatoms. The van der Waals surface area contributed by atoms with Crippen LogP contribution in [0, 0.1) is 5.92 Å². The van der Waals surface area contributed by atoms with Crippen LogP contribution in [-0.2, 0) is 23.1 Å². The minimum atomic E-state index is -4.68. The lowest BCUT2D eigenvalue weighted by Crippen LogP contribution is -2.38. The molecule has 1 saturated heterocycles. The van der Waals surface area contributed by atoms with Crippen LogP contribution in [0.1, 0.15) is 137 Å². The number of nitrogens with zero attached hydrogens (tertiary/aromatic N) is 3. The van der Waals surface area contributed by atoms with Crippen LogP contribution in [0.2, 0.25) is 0 Å². The Kier molecular flexibility index (Phi) is 16.0. The van der Waals surface area contributed by atoms with Crippen molar-refractivity contribution in [3.05, 3.63) is 16.7 Å². The van der Waals surface area contributed by atoms with Gasteiger partial charge in [-0.2, -0.15) is 4.98 Å². The van der Waals surface area contributed by atoms with Crippen molar-refractivity contribution in [2.24, 2.45) is 5.92 Å². The van der Waals surface area contributed by atoms with Crippen molar-refractivity contribution in [1.82, 2.24) is 19.5 Å². The summed E-state index contributed by atoms with van der Waals surface area (Å²) in [6, 6.07) is 0. The Labute approximate surface area is 268 Å². The van der Waals surface area contributed by atoms with E-state index in [1.807, 2.05) is 13.8 Å². The Morgan fingerprint density at radius 3 is 2.11 bits per heavy atom. The Balaban J connectivity index is 1.60. The molecule has 12 nitrogen and oxygen atoms in total. The smallest absolute Gasteiger partial charge is 0.280 e. The monoisotopic (exact) mass is 654 g/mol. The number of anilines is 1. The van der Waals surface area contributed by atoms with Gasteiger partial charge in [-0.1, -0.05) is 104 Å². The number of phosphoric ester groups is 1. The number of nitrogen functional groups attached to an aromatic ring is 1. The van der Waals surface area contributed by atoms with Gasteiger partial charge in [0, 0.05) is 6.61 Å². The van der Waals surface area contributed by atoms with E-state index in [2.05, 4.69) is 21.9 Å². The molecule has 2 unspecified atom stereocenters. The van der Waals surface area contributed by atoms with Crippen molar-refractivity contribution in [1.29, 1.82) is 0 Å². The highest BCUT2D eigenvalue weighted by Crippen LogP contribution is 2.48. The van der Waals surface area contributed by atoms with E-state index in [9.17, 15) is 14.3 Å². The predicted molar refractivity (Wildman–Crippen MR) is 175 cm³/mol. The molecule has 0 aliphatic carbocycles.